The Labute approximate surface area is 149 Å². The first-order valence-corrected chi connectivity index (χ1v) is 9.11. The second-order valence-corrected chi connectivity index (χ2v) is 7.39. The normalized spacial score (nSPS) is 25.0. The molecule has 0 aliphatic carbocycles. The van der Waals surface area contributed by atoms with E-state index in [4.69, 9.17) is 0 Å². The van der Waals surface area contributed by atoms with E-state index < -0.39 is 0 Å². The summed E-state index contributed by atoms with van der Waals surface area (Å²) >= 11 is 0. The number of amides is 1. The van der Waals surface area contributed by atoms with Crippen molar-refractivity contribution in [1.82, 2.24) is 0 Å². The van der Waals surface area contributed by atoms with E-state index in [0.717, 1.165) is 30.8 Å². The number of fused-ring (bicyclic) bond motifs is 3. The molecule has 128 valence electrons. The molecule has 0 radical (unpaired) electrons. The van der Waals surface area contributed by atoms with Crippen LogP contribution in [0.15, 0.2) is 54.6 Å². The number of likely N-dealkylation sites (tertiary alicyclic amines) is 1. The molecule has 0 saturated carbocycles. The molecule has 1 unspecified atom stereocenters. The lowest BCUT2D eigenvalue weighted by atomic mass is 9.89. The minimum atomic E-state index is 0.0982. The first kappa shape index (κ1) is 16.1. The van der Waals surface area contributed by atoms with Gasteiger partial charge >= 0.3 is 0 Å². The number of carbonyl (C=O) groups is 1. The first-order chi connectivity index (χ1) is 12.1. The summed E-state index contributed by atoms with van der Waals surface area (Å²) in [4.78, 5) is 16.6. The average molecular weight is 333 g/mol. The summed E-state index contributed by atoms with van der Waals surface area (Å²) in [5, 5.41) is 0. The van der Waals surface area contributed by atoms with Gasteiger partial charge in [0.2, 0.25) is 0 Å². The Bertz CT molecular complexity index is 812. The summed E-state index contributed by atoms with van der Waals surface area (Å²) in [5.74, 6) is 0.554. The van der Waals surface area contributed by atoms with Crippen LogP contribution in [-0.4, -0.2) is 32.1 Å². The number of nitrogens with zero attached hydrogens (tertiary/aromatic N) is 1. The monoisotopic (exact) mass is 333 g/mol. The molecule has 1 amide bonds. The van der Waals surface area contributed by atoms with E-state index in [2.05, 4.69) is 32.2 Å². The van der Waals surface area contributed by atoms with Gasteiger partial charge in [-0.25, -0.2) is 0 Å². The minimum absolute atomic E-state index is 0.0982. The molecule has 0 aromatic heterocycles. The molecular weight excluding hydrogens is 308 g/mol. The van der Waals surface area contributed by atoms with Crippen LogP contribution in [-0.2, 0) is 4.79 Å². The Morgan fingerprint density at radius 2 is 2.00 bits per heavy atom. The van der Waals surface area contributed by atoms with Gasteiger partial charge in [0.25, 0.3) is 5.91 Å². The molecular formula is C22H25N2O+. The summed E-state index contributed by atoms with van der Waals surface area (Å²) in [6.45, 7) is 4.36. The van der Waals surface area contributed by atoms with Crippen LogP contribution < -0.4 is 9.80 Å². The molecule has 1 fully saturated rings. The van der Waals surface area contributed by atoms with E-state index >= 15 is 0 Å². The molecule has 2 aliphatic heterocycles. The molecule has 0 bridgehead atoms. The van der Waals surface area contributed by atoms with Crippen molar-refractivity contribution in [2.75, 3.05) is 25.0 Å². The van der Waals surface area contributed by atoms with E-state index in [0.29, 0.717) is 12.0 Å². The summed E-state index contributed by atoms with van der Waals surface area (Å²) in [6.07, 6.45) is 4.71. The Kier molecular flexibility index (Phi) is 4.18. The number of hydrogen-bond donors (Lipinski definition) is 1. The Morgan fingerprint density at radius 1 is 1.20 bits per heavy atom. The number of piperidine rings is 1. The van der Waals surface area contributed by atoms with Crippen LogP contribution in [0.5, 0.6) is 0 Å². The topological polar surface area (TPSA) is 24.8 Å². The number of nitrogens with one attached hydrogen (secondary N) is 1. The van der Waals surface area contributed by atoms with E-state index in [1.54, 1.807) is 11.0 Å². The number of quaternary nitrogens is 1. The molecule has 2 aromatic carbocycles. The van der Waals surface area contributed by atoms with Gasteiger partial charge in [0.05, 0.1) is 32.1 Å². The lowest BCUT2D eigenvalue weighted by molar-refractivity contribution is -0.886. The van der Waals surface area contributed by atoms with Gasteiger partial charge in [-0.3, -0.25) is 4.79 Å². The zero-order valence-electron chi connectivity index (χ0n) is 14.9. The molecule has 3 nitrogen and oxygen atoms in total. The van der Waals surface area contributed by atoms with E-state index in [1.807, 2.05) is 41.3 Å². The van der Waals surface area contributed by atoms with Gasteiger partial charge in [-0.1, -0.05) is 48.0 Å². The average Bonchev–Trinajstić information content (AvgIpc) is 2.93. The predicted molar refractivity (Wildman–Crippen MR) is 102 cm³/mol. The molecule has 1 saturated heterocycles. The van der Waals surface area contributed by atoms with Crippen LogP contribution in [0.25, 0.3) is 6.08 Å². The standard InChI is InChI=1S/C22H24N2O/c1-16-8-10-20-18(14-16)19-15-23(2)13-12-21(19)24(20)22(25)11-9-17-6-4-3-5-7-17/h3-11,14,19,21H,12-13,15H2,1-2H3/p+1/b11-9+/t19-,21-/m0/s1. The lowest BCUT2D eigenvalue weighted by Crippen LogP contribution is -3.11. The van der Waals surface area contributed by atoms with Gasteiger partial charge in [-0.05, 0) is 30.2 Å². The molecule has 3 atom stereocenters. The van der Waals surface area contributed by atoms with Crippen molar-refractivity contribution in [3.8, 4) is 0 Å². The number of hydrogen-bond acceptors (Lipinski definition) is 1. The highest BCUT2D eigenvalue weighted by Gasteiger charge is 2.45. The predicted octanol–water partition coefficient (Wildman–Crippen LogP) is 2.43. The number of likely N-dealkylation sites (N-methyl/N-ethyl adjacent to an activating group) is 1. The van der Waals surface area contributed by atoms with Crippen molar-refractivity contribution in [3.63, 3.8) is 0 Å². The fourth-order valence-corrected chi connectivity index (χ4v) is 4.30. The largest absolute Gasteiger partial charge is 0.337 e. The molecule has 2 aromatic rings. The number of carbonyl (C=O) groups excluding carboxylic acids is 1. The van der Waals surface area contributed by atoms with Crippen molar-refractivity contribution in [3.05, 3.63) is 71.3 Å². The Balaban J connectivity index is 1.66. The quantitative estimate of drug-likeness (QED) is 0.839. The Hall–Kier alpha value is -2.39. The molecule has 2 heterocycles. The highest BCUT2D eigenvalue weighted by Crippen LogP contribution is 2.43. The van der Waals surface area contributed by atoms with Crippen LogP contribution in [0.1, 0.15) is 29.0 Å². The zero-order chi connectivity index (χ0) is 17.4. The van der Waals surface area contributed by atoms with Gasteiger partial charge in [0.15, 0.2) is 0 Å². The Morgan fingerprint density at radius 3 is 2.80 bits per heavy atom. The third-order valence-electron chi connectivity index (χ3n) is 5.53. The SMILES string of the molecule is Cc1ccc2c(c1)[C@@H]1C[NH+](C)CC[C@@H]1N2C(=O)/C=C/c1ccccc1. The van der Waals surface area contributed by atoms with Gasteiger partial charge in [0.1, 0.15) is 0 Å². The highest BCUT2D eigenvalue weighted by molar-refractivity contribution is 6.06. The van der Waals surface area contributed by atoms with Crippen molar-refractivity contribution in [2.24, 2.45) is 0 Å². The fraction of sp³-hybridized carbons (Fsp3) is 0.318. The van der Waals surface area contributed by atoms with Crippen LogP contribution in [0.2, 0.25) is 0 Å². The van der Waals surface area contributed by atoms with Gasteiger partial charge in [-0.15, -0.1) is 0 Å². The van der Waals surface area contributed by atoms with E-state index in [-0.39, 0.29) is 5.91 Å². The number of benzene rings is 2. The summed E-state index contributed by atoms with van der Waals surface area (Å²) < 4.78 is 0. The first-order valence-electron chi connectivity index (χ1n) is 9.11. The maximum Gasteiger partial charge on any atom is 0.251 e. The maximum absolute atomic E-state index is 13.0. The third kappa shape index (κ3) is 3.00. The van der Waals surface area contributed by atoms with E-state index in [1.165, 1.54) is 11.1 Å². The van der Waals surface area contributed by atoms with Crippen LogP contribution in [0.4, 0.5) is 5.69 Å². The van der Waals surface area contributed by atoms with Crippen molar-refractivity contribution in [1.29, 1.82) is 0 Å². The van der Waals surface area contributed by atoms with Crippen LogP contribution >= 0.6 is 0 Å². The summed E-state index contributed by atoms with van der Waals surface area (Å²) in [5.41, 5.74) is 4.79. The summed E-state index contributed by atoms with van der Waals surface area (Å²) in [7, 11) is 2.26. The van der Waals surface area contributed by atoms with E-state index in [9.17, 15) is 4.79 Å². The summed E-state index contributed by atoms with van der Waals surface area (Å²) in [6, 6.07) is 16.8. The van der Waals surface area contributed by atoms with Gasteiger partial charge < -0.3 is 9.80 Å². The lowest BCUT2D eigenvalue weighted by Gasteiger charge is -2.34. The highest BCUT2D eigenvalue weighted by atomic mass is 16.2. The number of anilines is 1. The molecule has 2 aliphatic rings. The second-order valence-electron chi connectivity index (χ2n) is 7.39. The molecule has 3 heteroatoms. The second kappa shape index (κ2) is 6.49. The van der Waals surface area contributed by atoms with Crippen LogP contribution in [0, 0.1) is 6.92 Å². The zero-order valence-corrected chi connectivity index (χ0v) is 14.9. The fourth-order valence-electron chi connectivity index (χ4n) is 4.30. The number of aryl methyl sites for hydroxylation is 1. The van der Waals surface area contributed by atoms with Gasteiger partial charge in [0, 0.05) is 18.2 Å². The van der Waals surface area contributed by atoms with Gasteiger partial charge in [-0.2, -0.15) is 0 Å². The minimum Gasteiger partial charge on any atom is -0.337 e. The smallest absolute Gasteiger partial charge is 0.251 e. The van der Waals surface area contributed by atoms with Crippen molar-refractivity contribution in [2.45, 2.75) is 25.3 Å². The van der Waals surface area contributed by atoms with Crippen molar-refractivity contribution >= 4 is 17.7 Å². The third-order valence-corrected chi connectivity index (χ3v) is 5.53. The number of rotatable bonds is 2. The molecule has 0 spiro atoms. The maximum atomic E-state index is 13.0. The molecule has 25 heavy (non-hydrogen) atoms. The van der Waals surface area contributed by atoms with Crippen molar-refractivity contribution < 1.29 is 9.69 Å². The molecule has 1 N–H and O–H groups in total. The van der Waals surface area contributed by atoms with Crippen LogP contribution in [0.3, 0.4) is 0 Å². The molecule has 4 rings (SSSR count).